The van der Waals surface area contributed by atoms with Crippen LogP contribution in [0.1, 0.15) is 46.7 Å². The number of rotatable bonds is 10. The number of ether oxygens (including phenoxy) is 3. The molecule has 2 saturated heterocycles. The maximum absolute atomic E-state index is 14.7. The number of hydrogen-bond donors (Lipinski definition) is 1. The second-order valence-electron chi connectivity index (χ2n) is 12.9. The van der Waals surface area contributed by atoms with Crippen molar-refractivity contribution in [1.82, 2.24) is 19.4 Å². The average Bonchev–Trinajstić information content (AvgIpc) is 3.34. The number of pyridine rings is 1. The van der Waals surface area contributed by atoms with Crippen LogP contribution in [0.5, 0.6) is 11.6 Å². The molecule has 2 aliphatic rings. The quantitative estimate of drug-likeness (QED) is 0.169. The van der Waals surface area contributed by atoms with Gasteiger partial charge in [-0.1, -0.05) is 31.6 Å². The van der Waals surface area contributed by atoms with Crippen LogP contribution in [0.2, 0.25) is 19.6 Å². The predicted molar refractivity (Wildman–Crippen MR) is 175 cm³/mol. The standard InChI is InChI=1S/C35H39FN4O5Si/c1-46(2,3)18-14-24-7-10-32(29(36)19-24)44-23-26-5-4-6-34(37-26)45-27-11-15-39(16-12-27)22-33-38-30-9-8-25(35(41)42)20-31(30)40(33)21-28-13-17-43-28/h4-10,19-20,27-28H,11-13,15-17,21-23H2,1-3H3,(H,41,42). The Labute approximate surface area is 269 Å². The predicted octanol–water partition coefficient (Wildman–Crippen LogP) is 5.91. The van der Waals surface area contributed by atoms with E-state index in [1.165, 1.54) is 6.07 Å². The minimum absolute atomic E-state index is 0.0162. The van der Waals surface area contributed by atoms with Crippen molar-refractivity contribution < 1.29 is 28.5 Å². The van der Waals surface area contributed by atoms with Gasteiger partial charge in [-0.3, -0.25) is 4.90 Å². The molecule has 1 unspecified atom stereocenters. The first-order valence-corrected chi connectivity index (χ1v) is 19.2. The Hall–Kier alpha value is -4.24. The minimum atomic E-state index is -1.55. The topological polar surface area (TPSA) is 98.9 Å². The number of aromatic carboxylic acids is 1. The highest BCUT2D eigenvalue weighted by molar-refractivity contribution is 6.83. The fraction of sp³-hybridized carbons (Fsp3) is 0.400. The summed E-state index contributed by atoms with van der Waals surface area (Å²) < 4.78 is 34.5. The lowest BCUT2D eigenvalue weighted by Gasteiger charge is -2.32. The van der Waals surface area contributed by atoms with Gasteiger partial charge in [0.25, 0.3) is 0 Å². The molecule has 0 radical (unpaired) electrons. The number of carboxylic acid groups (broad SMARTS) is 1. The van der Waals surface area contributed by atoms with Gasteiger partial charge in [-0.05, 0) is 61.7 Å². The van der Waals surface area contributed by atoms with Crippen molar-refractivity contribution in [2.45, 2.75) is 70.8 Å². The Balaban J connectivity index is 1.04. The van der Waals surface area contributed by atoms with Gasteiger partial charge in [-0.15, -0.1) is 5.54 Å². The summed E-state index contributed by atoms with van der Waals surface area (Å²) in [5.41, 5.74) is 6.41. The van der Waals surface area contributed by atoms with E-state index in [0.29, 0.717) is 30.2 Å². The zero-order chi connectivity index (χ0) is 32.3. The van der Waals surface area contributed by atoms with Crippen molar-refractivity contribution in [2.24, 2.45) is 0 Å². The van der Waals surface area contributed by atoms with Crippen LogP contribution in [-0.4, -0.2) is 70.5 Å². The van der Waals surface area contributed by atoms with Crippen LogP contribution in [0.4, 0.5) is 4.39 Å². The zero-order valence-electron chi connectivity index (χ0n) is 26.5. The lowest BCUT2D eigenvalue weighted by atomic mass is 10.1. The Bertz CT molecular complexity index is 1780. The van der Waals surface area contributed by atoms with E-state index in [1.54, 1.807) is 30.3 Å². The van der Waals surface area contributed by atoms with Gasteiger partial charge in [0.05, 0.1) is 41.5 Å². The molecule has 2 aromatic heterocycles. The fourth-order valence-corrected chi connectivity index (χ4v) is 6.05. The number of piperidine rings is 1. The molecule has 2 aromatic carbocycles. The van der Waals surface area contributed by atoms with Crippen molar-refractivity contribution in [3.63, 3.8) is 0 Å². The van der Waals surface area contributed by atoms with E-state index in [1.807, 2.05) is 18.2 Å². The zero-order valence-corrected chi connectivity index (χ0v) is 27.5. The average molecular weight is 643 g/mol. The van der Waals surface area contributed by atoms with Gasteiger partial charge < -0.3 is 23.9 Å². The number of likely N-dealkylation sites (tertiary alicyclic amines) is 1. The molecule has 0 bridgehead atoms. The molecule has 1 atom stereocenters. The molecule has 6 rings (SSSR count). The highest BCUT2D eigenvalue weighted by Crippen LogP contribution is 2.25. The van der Waals surface area contributed by atoms with Gasteiger partial charge in [0.15, 0.2) is 11.6 Å². The summed E-state index contributed by atoms with van der Waals surface area (Å²) in [6, 6.07) is 15.4. The lowest BCUT2D eigenvalue weighted by molar-refractivity contribution is -0.0592. The van der Waals surface area contributed by atoms with E-state index < -0.39 is 19.9 Å². The number of fused-ring (bicyclic) bond motifs is 1. The maximum atomic E-state index is 14.7. The maximum Gasteiger partial charge on any atom is 0.335 e. The van der Waals surface area contributed by atoms with Crippen LogP contribution in [0.3, 0.4) is 0 Å². The summed E-state index contributed by atoms with van der Waals surface area (Å²) in [5, 5.41) is 9.51. The molecule has 0 aliphatic carbocycles. The number of nitrogens with zero attached hydrogens (tertiary/aromatic N) is 4. The molecule has 2 aliphatic heterocycles. The molecule has 46 heavy (non-hydrogen) atoms. The van der Waals surface area contributed by atoms with Crippen molar-refractivity contribution in [1.29, 1.82) is 0 Å². The van der Waals surface area contributed by atoms with E-state index >= 15 is 0 Å². The summed E-state index contributed by atoms with van der Waals surface area (Å²) >= 11 is 0. The van der Waals surface area contributed by atoms with E-state index in [2.05, 4.69) is 45.6 Å². The number of benzene rings is 2. The molecule has 1 N–H and O–H groups in total. The molecule has 9 nitrogen and oxygen atoms in total. The van der Waals surface area contributed by atoms with Crippen molar-refractivity contribution in [2.75, 3.05) is 19.7 Å². The van der Waals surface area contributed by atoms with Crippen molar-refractivity contribution in [3.8, 4) is 23.1 Å². The molecule has 0 saturated carbocycles. The second-order valence-corrected chi connectivity index (χ2v) is 17.7. The van der Waals surface area contributed by atoms with E-state index in [0.717, 1.165) is 55.8 Å². The van der Waals surface area contributed by atoms with Crippen LogP contribution >= 0.6 is 0 Å². The van der Waals surface area contributed by atoms with E-state index in [4.69, 9.17) is 19.2 Å². The van der Waals surface area contributed by atoms with Gasteiger partial charge in [-0.25, -0.2) is 19.2 Å². The van der Waals surface area contributed by atoms with Crippen LogP contribution in [0.15, 0.2) is 54.6 Å². The molecule has 2 fully saturated rings. The van der Waals surface area contributed by atoms with E-state index in [9.17, 15) is 14.3 Å². The lowest BCUT2D eigenvalue weighted by Crippen LogP contribution is -2.39. The Kier molecular flexibility index (Phi) is 9.40. The minimum Gasteiger partial charge on any atom is -0.484 e. The molecular weight excluding hydrogens is 603 g/mol. The Morgan fingerprint density at radius 3 is 2.59 bits per heavy atom. The van der Waals surface area contributed by atoms with Crippen LogP contribution in [-0.2, 0) is 24.4 Å². The molecular formula is C35H39FN4O5Si. The molecule has 0 amide bonds. The fourth-order valence-electron chi connectivity index (χ4n) is 5.53. The molecule has 4 aromatic rings. The summed E-state index contributed by atoms with van der Waals surface area (Å²) in [6.45, 7) is 10.3. The molecule has 11 heteroatoms. The monoisotopic (exact) mass is 642 g/mol. The SMILES string of the molecule is C[Si](C)(C)C#Cc1ccc(OCc2cccc(OC3CCN(Cc4nc5ccc(C(=O)O)cc5n4CC4CCO4)CC3)n2)c(F)c1. The summed E-state index contributed by atoms with van der Waals surface area (Å²) in [5.74, 6) is 3.27. The third kappa shape index (κ3) is 7.93. The van der Waals surface area contributed by atoms with Crippen LogP contribution in [0.25, 0.3) is 11.0 Å². The number of hydrogen-bond acceptors (Lipinski definition) is 7. The van der Waals surface area contributed by atoms with Crippen molar-refractivity contribution >= 4 is 25.1 Å². The van der Waals surface area contributed by atoms with E-state index in [-0.39, 0.29) is 30.1 Å². The summed E-state index contributed by atoms with van der Waals surface area (Å²) in [6.07, 6.45) is 2.78. The van der Waals surface area contributed by atoms with Gasteiger partial charge in [0, 0.05) is 31.3 Å². The number of aromatic nitrogens is 3. The Morgan fingerprint density at radius 1 is 1.09 bits per heavy atom. The van der Waals surface area contributed by atoms with Gasteiger partial charge >= 0.3 is 5.97 Å². The number of carbonyl (C=O) groups is 1. The van der Waals surface area contributed by atoms with Crippen LogP contribution < -0.4 is 9.47 Å². The normalized spacial score (nSPS) is 17.3. The number of imidazole rings is 1. The molecule has 0 spiro atoms. The largest absolute Gasteiger partial charge is 0.484 e. The third-order valence-corrected chi connectivity index (χ3v) is 8.99. The summed E-state index contributed by atoms with van der Waals surface area (Å²) in [4.78, 5) is 23.4. The first-order chi connectivity index (χ1) is 22.1. The highest BCUT2D eigenvalue weighted by Gasteiger charge is 2.26. The molecule has 4 heterocycles. The number of halogens is 1. The van der Waals surface area contributed by atoms with Crippen LogP contribution in [0, 0.1) is 17.3 Å². The first kappa shape index (κ1) is 31.7. The van der Waals surface area contributed by atoms with Gasteiger partial charge in [0.1, 0.15) is 26.6 Å². The smallest absolute Gasteiger partial charge is 0.335 e. The molecule has 240 valence electrons. The van der Waals surface area contributed by atoms with Crippen molar-refractivity contribution in [3.05, 3.63) is 83.1 Å². The number of carboxylic acids is 1. The third-order valence-electron chi connectivity index (χ3n) is 8.11. The van der Waals surface area contributed by atoms with Gasteiger partial charge in [0.2, 0.25) is 5.88 Å². The van der Waals surface area contributed by atoms with Gasteiger partial charge in [-0.2, -0.15) is 0 Å². The second kappa shape index (κ2) is 13.6. The summed E-state index contributed by atoms with van der Waals surface area (Å²) in [7, 11) is -1.55. The highest BCUT2D eigenvalue weighted by atomic mass is 28.3. The Morgan fingerprint density at radius 2 is 1.89 bits per heavy atom. The first-order valence-electron chi connectivity index (χ1n) is 15.7.